The van der Waals surface area contributed by atoms with E-state index in [1.54, 1.807) is 30.3 Å². The fraction of sp³-hybridized carbons (Fsp3) is 0.333. The van der Waals surface area contributed by atoms with Gasteiger partial charge in [-0.3, -0.25) is 14.9 Å². The number of nitro groups is 1. The molecule has 0 aliphatic heterocycles. The molecule has 0 saturated heterocycles. The van der Waals surface area contributed by atoms with Gasteiger partial charge in [0.25, 0.3) is 11.6 Å². The molecular weight excluding hydrogens is 360 g/mol. The highest BCUT2D eigenvalue weighted by molar-refractivity contribution is 5.96. The van der Waals surface area contributed by atoms with E-state index in [4.69, 9.17) is 4.74 Å². The molecule has 0 aliphatic carbocycles. The van der Waals surface area contributed by atoms with Crippen LogP contribution in [0.15, 0.2) is 48.5 Å². The highest BCUT2D eigenvalue weighted by atomic mass is 16.6. The van der Waals surface area contributed by atoms with Crippen LogP contribution < -0.4 is 5.32 Å². The Morgan fingerprint density at radius 2 is 1.71 bits per heavy atom. The summed E-state index contributed by atoms with van der Waals surface area (Å²) in [6, 6.07) is 12.2. The molecule has 0 heterocycles. The van der Waals surface area contributed by atoms with E-state index in [-0.39, 0.29) is 17.5 Å². The van der Waals surface area contributed by atoms with Crippen LogP contribution in [0.1, 0.15) is 42.3 Å². The lowest BCUT2D eigenvalue weighted by molar-refractivity contribution is -0.385. The first-order valence-corrected chi connectivity index (χ1v) is 8.85. The van der Waals surface area contributed by atoms with E-state index in [1.165, 1.54) is 13.2 Å². The zero-order valence-corrected chi connectivity index (χ0v) is 16.4. The van der Waals surface area contributed by atoms with Gasteiger partial charge in [0.15, 0.2) is 0 Å². The van der Waals surface area contributed by atoms with Crippen molar-refractivity contribution in [3.05, 3.63) is 75.3 Å². The summed E-state index contributed by atoms with van der Waals surface area (Å²) >= 11 is 0. The Hall–Kier alpha value is -3.22. The Morgan fingerprint density at radius 1 is 1.11 bits per heavy atom. The summed E-state index contributed by atoms with van der Waals surface area (Å²) in [6.07, 6.45) is -0.0460. The SMILES string of the molecule is COC(=O)[C@@H](Cc1ccccc1[N+](=O)[O-])NC(=O)c1ccc(C(C)(C)C)cc1. The molecule has 1 N–H and O–H groups in total. The van der Waals surface area contributed by atoms with Crippen LogP contribution in [0.5, 0.6) is 0 Å². The van der Waals surface area contributed by atoms with Gasteiger partial charge < -0.3 is 10.1 Å². The number of hydrogen-bond acceptors (Lipinski definition) is 5. The van der Waals surface area contributed by atoms with E-state index < -0.39 is 22.8 Å². The minimum absolute atomic E-state index is 0.0458. The molecular formula is C21H24N2O5. The maximum Gasteiger partial charge on any atom is 0.328 e. The molecule has 7 nitrogen and oxygen atoms in total. The van der Waals surface area contributed by atoms with Crippen LogP contribution in [-0.4, -0.2) is 30.0 Å². The molecule has 7 heteroatoms. The van der Waals surface area contributed by atoms with E-state index in [9.17, 15) is 19.7 Å². The number of hydrogen-bond donors (Lipinski definition) is 1. The number of carbonyl (C=O) groups excluding carboxylic acids is 2. The van der Waals surface area contributed by atoms with Gasteiger partial charge in [-0.2, -0.15) is 0 Å². The van der Waals surface area contributed by atoms with Gasteiger partial charge in [0, 0.05) is 23.6 Å². The van der Waals surface area contributed by atoms with Crippen molar-refractivity contribution in [3.8, 4) is 0 Å². The Bertz CT molecular complexity index is 869. The molecule has 0 bridgehead atoms. The highest BCUT2D eigenvalue weighted by Crippen LogP contribution is 2.23. The largest absolute Gasteiger partial charge is 0.467 e. The first-order valence-electron chi connectivity index (χ1n) is 8.85. The van der Waals surface area contributed by atoms with Crippen molar-refractivity contribution in [2.75, 3.05) is 7.11 Å². The second-order valence-corrected chi connectivity index (χ2v) is 7.47. The summed E-state index contributed by atoms with van der Waals surface area (Å²) in [7, 11) is 1.21. The molecule has 0 aliphatic rings. The maximum atomic E-state index is 12.6. The van der Waals surface area contributed by atoms with Gasteiger partial charge >= 0.3 is 5.97 Å². The van der Waals surface area contributed by atoms with Crippen molar-refractivity contribution >= 4 is 17.6 Å². The fourth-order valence-electron chi connectivity index (χ4n) is 2.78. The minimum atomic E-state index is -1.04. The minimum Gasteiger partial charge on any atom is -0.467 e. The van der Waals surface area contributed by atoms with Crippen molar-refractivity contribution in [2.45, 2.75) is 38.6 Å². The number of nitro benzene ring substituents is 1. The average molecular weight is 384 g/mol. The zero-order chi connectivity index (χ0) is 20.9. The van der Waals surface area contributed by atoms with Crippen molar-refractivity contribution in [1.29, 1.82) is 0 Å². The molecule has 0 fully saturated rings. The molecule has 0 radical (unpaired) electrons. The van der Waals surface area contributed by atoms with Crippen LogP contribution in [-0.2, 0) is 21.4 Å². The summed E-state index contributed by atoms with van der Waals surface area (Å²) < 4.78 is 4.76. The summed E-state index contributed by atoms with van der Waals surface area (Å²) in [5.41, 5.74) is 1.65. The molecule has 1 atom stereocenters. The van der Waals surface area contributed by atoms with Crippen LogP contribution in [0.3, 0.4) is 0 Å². The normalized spacial score (nSPS) is 12.1. The number of rotatable bonds is 6. The highest BCUT2D eigenvalue weighted by Gasteiger charge is 2.26. The monoisotopic (exact) mass is 384 g/mol. The second kappa shape index (κ2) is 8.65. The standard InChI is InChI=1S/C21H24N2O5/c1-21(2,3)16-11-9-14(10-12-16)19(24)22-17(20(25)28-4)13-15-7-5-6-8-18(15)23(26)27/h5-12,17H,13H2,1-4H3,(H,22,24)/t17-/m1/s1. The van der Waals surface area contributed by atoms with Gasteiger partial charge in [-0.15, -0.1) is 0 Å². The fourth-order valence-corrected chi connectivity index (χ4v) is 2.78. The van der Waals surface area contributed by atoms with Crippen molar-refractivity contribution in [3.63, 3.8) is 0 Å². The summed E-state index contributed by atoms with van der Waals surface area (Å²) in [4.78, 5) is 35.4. The third-order valence-electron chi connectivity index (χ3n) is 4.42. The van der Waals surface area contributed by atoms with Crippen LogP contribution >= 0.6 is 0 Å². The Labute approximate surface area is 163 Å². The van der Waals surface area contributed by atoms with Crippen molar-refractivity contribution in [2.24, 2.45) is 0 Å². The smallest absolute Gasteiger partial charge is 0.328 e. The Morgan fingerprint density at radius 3 is 2.25 bits per heavy atom. The molecule has 0 unspecified atom stereocenters. The van der Waals surface area contributed by atoms with E-state index in [1.807, 2.05) is 12.1 Å². The quantitative estimate of drug-likeness (QED) is 0.467. The van der Waals surface area contributed by atoms with Gasteiger partial charge in [0.1, 0.15) is 6.04 Å². The summed E-state index contributed by atoms with van der Waals surface area (Å²) in [6.45, 7) is 6.21. The predicted octanol–water partition coefficient (Wildman–Crippen LogP) is 3.41. The average Bonchev–Trinajstić information content (AvgIpc) is 2.66. The van der Waals surface area contributed by atoms with Crippen LogP contribution in [0.4, 0.5) is 5.69 Å². The topological polar surface area (TPSA) is 98.5 Å². The lowest BCUT2D eigenvalue weighted by Crippen LogP contribution is -2.43. The van der Waals surface area contributed by atoms with E-state index in [2.05, 4.69) is 26.1 Å². The van der Waals surface area contributed by atoms with E-state index in [0.717, 1.165) is 5.56 Å². The first-order chi connectivity index (χ1) is 13.1. The number of esters is 1. The van der Waals surface area contributed by atoms with E-state index in [0.29, 0.717) is 11.1 Å². The van der Waals surface area contributed by atoms with Gasteiger partial charge in [-0.1, -0.05) is 51.1 Å². The van der Waals surface area contributed by atoms with Gasteiger partial charge in [0.2, 0.25) is 0 Å². The van der Waals surface area contributed by atoms with Crippen molar-refractivity contribution in [1.82, 2.24) is 5.32 Å². The van der Waals surface area contributed by atoms with Gasteiger partial charge in [-0.25, -0.2) is 4.79 Å². The summed E-state index contributed by atoms with van der Waals surface area (Å²) in [5.74, 6) is -1.12. The number of carbonyl (C=O) groups is 2. The number of nitrogens with one attached hydrogen (secondary N) is 1. The molecule has 1 amide bonds. The number of benzene rings is 2. The maximum absolute atomic E-state index is 12.6. The molecule has 2 rings (SSSR count). The van der Waals surface area contributed by atoms with Gasteiger partial charge in [-0.05, 0) is 23.1 Å². The number of amides is 1. The van der Waals surface area contributed by atoms with Gasteiger partial charge in [0.05, 0.1) is 12.0 Å². The number of para-hydroxylation sites is 1. The molecule has 0 spiro atoms. The van der Waals surface area contributed by atoms with Crippen LogP contribution in [0, 0.1) is 10.1 Å². The molecule has 2 aromatic rings. The zero-order valence-electron chi connectivity index (χ0n) is 16.4. The lowest BCUT2D eigenvalue weighted by atomic mass is 9.86. The third-order valence-corrected chi connectivity index (χ3v) is 4.42. The molecule has 2 aromatic carbocycles. The Kier molecular flexibility index (Phi) is 6.51. The predicted molar refractivity (Wildman–Crippen MR) is 105 cm³/mol. The Balaban J connectivity index is 2.22. The number of methoxy groups -OCH3 is 1. The summed E-state index contributed by atoms with van der Waals surface area (Å²) in [5, 5.41) is 13.8. The molecule has 148 valence electrons. The van der Waals surface area contributed by atoms with Crippen LogP contribution in [0.2, 0.25) is 0 Å². The molecule has 28 heavy (non-hydrogen) atoms. The number of nitrogens with zero attached hydrogens (tertiary/aromatic N) is 1. The second-order valence-electron chi connectivity index (χ2n) is 7.47. The van der Waals surface area contributed by atoms with Crippen molar-refractivity contribution < 1.29 is 19.2 Å². The van der Waals surface area contributed by atoms with E-state index >= 15 is 0 Å². The third kappa shape index (κ3) is 5.16. The van der Waals surface area contributed by atoms with Crippen LogP contribution in [0.25, 0.3) is 0 Å². The lowest BCUT2D eigenvalue weighted by Gasteiger charge is -2.20. The molecule has 0 aromatic heterocycles. The molecule has 0 saturated carbocycles. The first kappa shape index (κ1) is 21.1. The number of ether oxygens (including phenoxy) is 1.